The molecule has 1 aliphatic carbocycles. The minimum absolute atomic E-state index is 0.529. The summed E-state index contributed by atoms with van der Waals surface area (Å²) in [5, 5.41) is 3.46. The van der Waals surface area contributed by atoms with E-state index in [0.29, 0.717) is 12.1 Å². The van der Waals surface area contributed by atoms with E-state index in [2.05, 4.69) is 26.1 Å². The van der Waals surface area contributed by atoms with Gasteiger partial charge in [0.25, 0.3) is 0 Å². The molecule has 0 saturated heterocycles. The van der Waals surface area contributed by atoms with Crippen LogP contribution >= 0.6 is 0 Å². The Balaban J connectivity index is 2.16. The Hall–Kier alpha value is -0.0800. The summed E-state index contributed by atoms with van der Waals surface area (Å²) < 4.78 is 6.00. The van der Waals surface area contributed by atoms with Gasteiger partial charge in [0.05, 0.1) is 12.7 Å². The molecule has 0 spiro atoms. The fraction of sp³-hybridized carbons (Fsp3) is 1.00. The summed E-state index contributed by atoms with van der Waals surface area (Å²) in [5.41, 5.74) is 0. The van der Waals surface area contributed by atoms with Gasteiger partial charge in [0.15, 0.2) is 0 Å². The van der Waals surface area contributed by atoms with Gasteiger partial charge in [0.2, 0.25) is 0 Å². The molecule has 0 bridgehead atoms. The SMILES string of the molecule is CCNC(CC)COC1CCCC(C)C1. The molecule has 0 radical (unpaired) electrons. The maximum absolute atomic E-state index is 6.00. The van der Waals surface area contributed by atoms with Crippen molar-refractivity contribution in [1.29, 1.82) is 0 Å². The Labute approximate surface area is 94.8 Å². The van der Waals surface area contributed by atoms with Gasteiger partial charge < -0.3 is 10.1 Å². The van der Waals surface area contributed by atoms with Crippen LogP contribution in [0.1, 0.15) is 52.9 Å². The van der Waals surface area contributed by atoms with Crippen LogP contribution in [0.5, 0.6) is 0 Å². The van der Waals surface area contributed by atoms with Gasteiger partial charge in [-0.15, -0.1) is 0 Å². The first-order valence-electron chi connectivity index (χ1n) is 6.61. The summed E-state index contributed by atoms with van der Waals surface area (Å²) in [6.45, 7) is 8.66. The highest BCUT2D eigenvalue weighted by molar-refractivity contribution is 4.72. The van der Waals surface area contributed by atoms with E-state index < -0.39 is 0 Å². The zero-order valence-electron chi connectivity index (χ0n) is 10.6. The predicted octanol–water partition coefficient (Wildman–Crippen LogP) is 2.97. The molecule has 1 saturated carbocycles. The highest BCUT2D eigenvalue weighted by atomic mass is 16.5. The summed E-state index contributed by atoms with van der Waals surface area (Å²) in [7, 11) is 0. The molecule has 0 aromatic rings. The van der Waals surface area contributed by atoms with Crippen LogP contribution in [0.25, 0.3) is 0 Å². The van der Waals surface area contributed by atoms with Gasteiger partial charge in [0, 0.05) is 6.04 Å². The lowest BCUT2D eigenvalue weighted by Crippen LogP contribution is -2.35. The van der Waals surface area contributed by atoms with Crippen LogP contribution in [0.15, 0.2) is 0 Å². The summed E-state index contributed by atoms with van der Waals surface area (Å²) in [6.07, 6.45) is 6.97. The zero-order valence-corrected chi connectivity index (χ0v) is 10.6. The number of likely N-dealkylation sites (N-methyl/N-ethyl adjacent to an activating group) is 1. The lowest BCUT2D eigenvalue weighted by molar-refractivity contribution is 0.00407. The Morgan fingerprint density at radius 2 is 2.13 bits per heavy atom. The lowest BCUT2D eigenvalue weighted by Gasteiger charge is -2.28. The molecule has 1 fully saturated rings. The molecular formula is C13H27NO. The molecule has 0 aliphatic heterocycles. The zero-order chi connectivity index (χ0) is 11.1. The van der Waals surface area contributed by atoms with Gasteiger partial charge in [0.1, 0.15) is 0 Å². The van der Waals surface area contributed by atoms with Crippen LogP contribution in [0.2, 0.25) is 0 Å². The second-order valence-corrected chi connectivity index (χ2v) is 4.89. The summed E-state index contributed by atoms with van der Waals surface area (Å²) in [4.78, 5) is 0. The second kappa shape index (κ2) is 7.24. The normalized spacial score (nSPS) is 29.0. The van der Waals surface area contributed by atoms with Crippen LogP contribution < -0.4 is 5.32 Å². The average Bonchev–Trinajstić information content (AvgIpc) is 2.24. The number of hydrogen-bond donors (Lipinski definition) is 1. The molecular weight excluding hydrogens is 186 g/mol. The fourth-order valence-electron chi connectivity index (χ4n) is 2.39. The molecule has 0 heterocycles. The molecule has 0 aromatic carbocycles. The van der Waals surface area contributed by atoms with Crippen LogP contribution in [0, 0.1) is 5.92 Å². The number of nitrogens with one attached hydrogen (secondary N) is 1. The van der Waals surface area contributed by atoms with E-state index >= 15 is 0 Å². The fourth-order valence-corrected chi connectivity index (χ4v) is 2.39. The quantitative estimate of drug-likeness (QED) is 0.732. The minimum atomic E-state index is 0.529. The molecule has 3 unspecified atom stereocenters. The van der Waals surface area contributed by atoms with Crippen molar-refractivity contribution in [2.24, 2.45) is 5.92 Å². The molecule has 1 rings (SSSR count). The summed E-state index contributed by atoms with van der Waals surface area (Å²) in [6, 6.07) is 0.548. The van der Waals surface area contributed by atoms with E-state index in [0.717, 1.165) is 25.5 Å². The average molecular weight is 213 g/mol. The third-order valence-electron chi connectivity index (χ3n) is 3.41. The number of ether oxygens (including phenoxy) is 1. The van der Waals surface area contributed by atoms with Gasteiger partial charge in [-0.1, -0.05) is 33.6 Å². The topological polar surface area (TPSA) is 21.3 Å². The molecule has 2 nitrogen and oxygen atoms in total. The molecule has 90 valence electrons. The molecule has 2 heteroatoms. The third-order valence-corrected chi connectivity index (χ3v) is 3.41. The van der Waals surface area contributed by atoms with Gasteiger partial charge in [-0.3, -0.25) is 0 Å². The standard InChI is InChI=1S/C13H27NO/c1-4-12(14-5-2)10-15-13-8-6-7-11(3)9-13/h11-14H,4-10H2,1-3H3. The van der Waals surface area contributed by atoms with Crippen molar-refractivity contribution in [1.82, 2.24) is 5.32 Å². The smallest absolute Gasteiger partial charge is 0.0623 e. The largest absolute Gasteiger partial charge is 0.377 e. The van der Waals surface area contributed by atoms with Crippen molar-refractivity contribution in [3.63, 3.8) is 0 Å². The van der Waals surface area contributed by atoms with Gasteiger partial charge in [-0.25, -0.2) is 0 Å². The number of rotatable bonds is 6. The maximum Gasteiger partial charge on any atom is 0.0623 e. The lowest BCUT2D eigenvalue weighted by atomic mass is 9.89. The molecule has 15 heavy (non-hydrogen) atoms. The Kier molecular flexibility index (Phi) is 6.26. The van der Waals surface area contributed by atoms with Gasteiger partial charge >= 0.3 is 0 Å². The Morgan fingerprint density at radius 3 is 2.73 bits per heavy atom. The summed E-state index contributed by atoms with van der Waals surface area (Å²) >= 11 is 0. The van der Waals surface area contributed by atoms with Crippen LogP contribution in [0.3, 0.4) is 0 Å². The Bertz CT molecular complexity index is 161. The minimum Gasteiger partial charge on any atom is -0.377 e. The predicted molar refractivity (Wildman–Crippen MR) is 65.1 cm³/mol. The molecule has 1 N–H and O–H groups in total. The third kappa shape index (κ3) is 4.98. The van der Waals surface area contributed by atoms with Crippen molar-refractivity contribution in [3.05, 3.63) is 0 Å². The van der Waals surface area contributed by atoms with E-state index in [1.165, 1.54) is 25.7 Å². The van der Waals surface area contributed by atoms with Crippen molar-refractivity contribution in [3.8, 4) is 0 Å². The first-order chi connectivity index (χ1) is 7.26. The molecule has 0 aromatic heterocycles. The first kappa shape index (κ1) is 13.0. The summed E-state index contributed by atoms with van der Waals surface area (Å²) in [5.74, 6) is 0.864. The molecule has 3 atom stereocenters. The van der Waals surface area contributed by atoms with E-state index in [1.54, 1.807) is 0 Å². The van der Waals surface area contributed by atoms with Crippen molar-refractivity contribution < 1.29 is 4.74 Å². The van der Waals surface area contributed by atoms with Crippen LogP contribution in [0.4, 0.5) is 0 Å². The van der Waals surface area contributed by atoms with Gasteiger partial charge in [-0.05, 0) is 31.7 Å². The monoisotopic (exact) mass is 213 g/mol. The van der Waals surface area contributed by atoms with E-state index in [4.69, 9.17) is 4.74 Å². The van der Waals surface area contributed by atoms with Crippen molar-refractivity contribution in [2.75, 3.05) is 13.2 Å². The number of hydrogen-bond acceptors (Lipinski definition) is 2. The van der Waals surface area contributed by atoms with E-state index in [-0.39, 0.29) is 0 Å². The van der Waals surface area contributed by atoms with Crippen molar-refractivity contribution >= 4 is 0 Å². The van der Waals surface area contributed by atoms with E-state index in [9.17, 15) is 0 Å². The second-order valence-electron chi connectivity index (χ2n) is 4.89. The molecule has 0 amide bonds. The van der Waals surface area contributed by atoms with E-state index in [1.807, 2.05) is 0 Å². The van der Waals surface area contributed by atoms with Crippen LogP contribution in [-0.2, 0) is 4.74 Å². The highest BCUT2D eigenvalue weighted by Crippen LogP contribution is 2.25. The maximum atomic E-state index is 6.00. The highest BCUT2D eigenvalue weighted by Gasteiger charge is 2.20. The van der Waals surface area contributed by atoms with Gasteiger partial charge in [-0.2, -0.15) is 0 Å². The Morgan fingerprint density at radius 1 is 1.33 bits per heavy atom. The molecule has 1 aliphatic rings. The van der Waals surface area contributed by atoms with Crippen LogP contribution in [-0.4, -0.2) is 25.3 Å². The first-order valence-corrected chi connectivity index (χ1v) is 6.61. The van der Waals surface area contributed by atoms with Crippen molar-refractivity contribution in [2.45, 2.75) is 65.0 Å².